The zero-order valence-electron chi connectivity index (χ0n) is 10.6. The first kappa shape index (κ1) is 11.9. The molecule has 2 aromatic carbocycles. The number of hydrogen-bond donors (Lipinski definition) is 0. The summed E-state index contributed by atoms with van der Waals surface area (Å²) in [4.78, 5) is 11.3. The summed E-state index contributed by atoms with van der Waals surface area (Å²) < 4.78 is 10.4. The molecule has 1 aliphatic rings. The van der Waals surface area contributed by atoms with Gasteiger partial charge in [-0.2, -0.15) is 0 Å². The maximum Gasteiger partial charge on any atom is 0.337 e. The van der Waals surface area contributed by atoms with E-state index >= 15 is 0 Å². The molecular weight excluding hydrogens is 240 g/mol. The van der Waals surface area contributed by atoms with Gasteiger partial charge in [-0.15, -0.1) is 0 Å². The summed E-state index contributed by atoms with van der Waals surface area (Å²) in [5.41, 5.74) is 2.83. The lowest BCUT2D eigenvalue weighted by Crippen LogP contribution is -2.00. The first-order valence-electron chi connectivity index (χ1n) is 6.18. The van der Waals surface area contributed by atoms with Crippen molar-refractivity contribution in [2.75, 3.05) is 7.11 Å². The Bertz CT molecular complexity index is 575. The van der Waals surface area contributed by atoms with Gasteiger partial charge in [-0.1, -0.05) is 42.5 Å². The van der Waals surface area contributed by atoms with Gasteiger partial charge in [0.15, 0.2) is 0 Å². The van der Waals surface area contributed by atoms with Crippen LogP contribution in [0.1, 0.15) is 33.7 Å². The summed E-state index contributed by atoms with van der Waals surface area (Å²) in [7, 11) is 1.38. The number of rotatable bonds is 3. The minimum atomic E-state index is -0.317. The van der Waals surface area contributed by atoms with Crippen molar-refractivity contribution in [3.8, 4) is 0 Å². The quantitative estimate of drug-likeness (QED) is 0.623. The summed E-state index contributed by atoms with van der Waals surface area (Å²) >= 11 is 0. The number of carbonyl (C=O) groups is 1. The van der Waals surface area contributed by atoms with Crippen molar-refractivity contribution >= 4 is 5.97 Å². The first-order valence-corrected chi connectivity index (χ1v) is 6.18. The highest BCUT2D eigenvalue weighted by molar-refractivity contribution is 5.89. The lowest BCUT2D eigenvalue weighted by molar-refractivity contribution is 0.0600. The van der Waals surface area contributed by atoms with E-state index in [0.717, 1.165) is 5.56 Å². The second-order valence-corrected chi connectivity index (χ2v) is 4.50. The van der Waals surface area contributed by atoms with Crippen LogP contribution in [0.2, 0.25) is 0 Å². The fourth-order valence-corrected chi connectivity index (χ4v) is 2.19. The minimum absolute atomic E-state index is 0.0918. The van der Waals surface area contributed by atoms with Crippen LogP contribution in [0, 0.1) is 0 Å². The van der Waals surface area contributed by atoms with Crippen LogP contribution in [-0.2, 0) is 9.47 Å². The van der Waals surface area contributed by atoms with E-state index in [4.69, 9.17) is 4.74 Å². The number of methoxy groups -OCH3 is 1. The van der Waals surface area contributed by atoms with E-state index in [-0.39, 0.29) is 18.2 Å². The lowest BCUT2D eigenvalue weighted by atomic mass is 10.0. The summed E-state index contributed by atoms with van der Waals surface area (Å²) in [6.45, 7) is 0. The molecule has 1 heterocycles. The summed E-state index contributed by atoms with van der Waals surface area (Å²) in [5.74, 6) is -0.317. The van der Waals surface area contributed by atoms with Crippen molar-refractivity contribution in [2.24, 2.45) is 0 Å². The Kier molecular flexibility index (Phi) is 3.05. The predicted molar refractivity (Wildman–Crippen MR) is 70.8 cm³/mol. The number of ether oxygens (including phenoxy) is 2. The van der Waals surface area contributed by atoms with Crippen LogP contribution in [0.25, 0.3) is 0 Å². The van der Waals surface area contributed by atoms with Crippen molar-refractivity contribution in [2.45, 2.75) is 12.2 Å². The van der Waals surface area contributed by atoms with Crippen LogP contribution in [0.4, 0.5) is 0 Å². The third-order valence-electron chi connectivity index (χ3n) is 3.28. The van der Waals surface area contributed by atoms with Crippen molar-refractivity contribution in [1.29, 1.82) is 0 Å². The molecule has 2 atom stereocenters. The number of hydrogen-bond acceptors (Lipinski definition) is 3. The molecule has 1 saturated heterocycles. The van der Waals surface area contributed by atoms with E-state index < -0.39 is 0 Å². The molecule has 19 heavy (non-hydrogen) atoms. The molecule has 0 spiro atoms. The van der Waals surface area contributed by atoms with Gasteiger partial charge in [0.05, 0.1) is 12.7 Å². The molecular formula is C16H14O3. The number of carbonyl (C=O) groups excluding carboxylic acids is 1. The summed E-state index contributed by atoms with van der Waals surface area (Å²) in [6, 6.07) is 17.5. The molecule has 3 heteroatoms. The fourth-order valence-electron chi connectivity index (χ4n) is 2.19. The molecule has 1 aliphatic heterocycles. The smallest absolute Gasteiger partial charge is 0.337 e. The number of epoxide rings is 1. The van der Waals surface area contributed by atoms with E-state index in [9.17, 15) is 4.79 Å². The van der Waals surface area contributed by atoms with Gasteiger partial charge in [0.2, 0.25) is 0 Å². The van der Waals surface area contributed by atoms with Crippen molar-refractivity contribution in [3.63, 3.8) is 0 Å². The number of esters is 1. The Morgan fingerprint density at radius 2 is 1.53 bits per heavy atom. The molecule has 0 radical (unpaired) electrons. The molecule has 2 aromatic rings. The molecule has 3 rings (SSSR count). The lowest BCUT2D eigenvalue weighted by Gasteiger charge is -2.00. The molecule has 3 nitrogen and oxygen atoms in total. The third kappa shape index (κ3) is 2.37. The van der Waals surface area contributed by atoms with Gasteiger partial charge < -0.3 is 9.47 Å². The minimum Gasteiger partial charge on any atom is -0.465 e. The van der Waals surface area contributed by atoms with Crippen LogP contribution >= 0.6 is 0 Å². The van der Waals surface area contributed by atoms with Crippen molar-refractivity contribution in [3.05, 3.63) is 71.3 Å². The van der Waals surface area contributed by atoms with E-state index in [2.05, 4.69) is 16.9 Å². The molecule has 0 unspecified atom stereocenters. The monoisotopic (exact) mass is 254 g/mol. The van der Waals surface area contributed by atoms with Gasteiger partial charge >= 0.3 is 5.97 Å². The zero-order valence-corrected chi connectivity index (χ0v) is 10.6. The summed E-state index contributed by atoms with van der Waals surface area (Å²) in [5, 5.41) is 0. The highest BCUT2D eigenvalue weighted by Gasteiger charge is 2.41. The third-order valence-corrected chi connectivity index (χ3v) is 3.28. The molecule has 0 bridgehead atoms. The number of benzene rings is 2. The zero-order chi connectivity index (χ0) is 13.2. The Labute approximate surface area is 111 Å². The maximum absolute atomic E-state index is 11.3. The van der Waals surface area contributed by atoms with Gasteiger partial charge in [-0.3, -0.25) is 0 Å². The molecule has 96 valence electrons. The molecule has 0 amide bonds. The molecule has 0 N–H and O–H groups in total. The molecule has 0 aliphatic carbocycles. The Balaban J connectivity index is 1.74. The Morgan fingerprint density at radius 3 is 2.11 bits per heavy atom. The van der Waals surface area contributed by atoms with E-state index in [1.165, 1.54) is 12.7 Å². The second kappa shape index (κ2) is 4.86. The largest absolute Gasteiger partial charge is 0.465 e. The Morgan fingerprint density at radius 1 is 0.947 bits per heavy atom. The standard InChI is InChI=1S/C16H14O3/c1-18-16(17)13-9-7-12(8-10-13)15-14(19-15)11-5-3-2-4-6-11/h2-10,14-15H,1H3/t14-,15+/m0/s1. The molecule has 1 fully saturated rings. The predicted octanol–water partition coefficient (Wildman–Crippen LogP) is 3.29. The van der Waals surface area contributed by atoms with Gasteiger partial charge in [0, 0.05) is 0 Å². The van der Waals surface area contributed by atoms with Gasteiger partial charge in [0.25, 0.3) is 0 Å². The normalized spacial score (nSPS) is 20.9. The van der Waals surface area contributed by atoms with Crippen LogP contribution < -0.4 is 0 Å². The second-order valence-electron chi connectivity index (χ2n) is 4.50. The van der Waals surface area contributed by atoms with Crippen LogP contribution in [0.5, 0.6) is 0 Å². The topological polar surface area (TPSA) is 38.8 Å². The van der Waals surface area contributed by atoms with Crippen LogP contribution in [-0.4, -0.2) is 13.1 Å². The van der Waals surface area contributed by atoms with Crippen LogP contribution in [0.3, 0.4) is 0 Å². The maximum atomic E-state index is 11.3. The first-order chi connectivity index (χ1) is 9.29. The summed E-state index contributed by atoms with van der Waals surface area (Å²) in [6.07, 6.45) is 0.222. The van der Waals surface area contributed by atoms with Gasteiger partial charge in [0.1, 0.15) is 12.2 Å². The van der Waals surface area contributed by atoms with E-state index in [0.29, 0.717) is 5.56 Å². The van der Waals surface area contributed by atoms with E-state index in [1.807, 2.05) is 30.3 Å². The average molecular weight is 254 g/mol. The van der Waals surface area contributed by atoms with Gasteiger partial charge in [-0.25, -0.2) is 4.79 Å². The molecule has 0 saturated carbocycles. The fraction of sp³-hybridized carbons (Fsp3) is 0.188. The SMILES string of the molecule is COC(=O)c1ccc([C@H]2O[C@H]2c2ccccc2)cc1. The highest BCUT2D eigenvalue weighted by Crippen LogP contribution is 2.50. The van der Waals surface area contributed by atoms with Crippen molar-refractivity contribution < 1.29 is 14.3 Å². The average Bonchev–Trinajstić information content (AvgIpc) is 3.28. The van der Waals surface area contributed by atoms with Crippen LogP contribution in [0.15, 0.2) is 54.6 Å². The van der Waals surface area contributed by atoms with Gasteiger partial charge in [-0.05, 0) is 23.3 Å². The Hall–Kier alpha value is -2.13. The van der Waals surface area contributed by atoms with E-state index in [1.54, 1.807) is 12.1 Å². The van der Waals surface area contributed by atoms with Crippen molar-refractivity contribution in [1.82, 2.24) is 0 Å². The molecule has 0 aromatic heterocycles. The highest BCUT2D eigenvalue weighted by atomic mass is 16.6.